The number of ketones is 1. The zero-order chi connectivity index (χ0) is 16.6. The van der Waals surface area contributed by atoms with E-state index in [0.717, 1.165) is 25.2 Å². The van der Waals surface area contributed by atoms with Crippen LogP contribution in [0.2, 0.25) is 18.1 Å². The fourth-order valence-electron chi connectivity index (χ4n) is 5.48. The molecule has 3 aliphatic rings. The average Bonchev–Trinajstić information content (AvgIpc) is 2.81. The van der Waals surface area contributed by atoms with E-state index in [1.807, 2.05) is 0 Å². The number of hydrogen-bond donors (Lipinski definition) is 0. The molecule has 3 atom stereocenters. The second-order valence-corrected chi connectivity index (χ2v) is 15.7. The Hall–Kier alpha value is -0.153. The number of carbonyl (C=O) groups is 1. The third-order valence-corrected chi connectivity index (χ3v) is 11.9. The molecular weight excluding hydrogens is 288 g/mol. The fraction of sp³-hybridized carbons (Fsp3) is 0.947. The first-order chi connectivity index (χ1) is 9.81. The van der Waals surface area contributed by atoms with E-state index in [1.54, 1.807) is 0 Å². The molecule has 3 fully saturated rings. The topological polar surface area (TPSA) is 26.3 Å². The van der Waals surface area contributed by atoms with E-state index < -0.39 is 8.32 Å². The van der Waals surface area contributed by atoms with Crippen LogP contribution in [0, 0.1) is 22.2 Å². The number of rotatable bonds is 3. The van der Waals surface area contributed by atoms with Crippen molar-refractivity contribution < 1.29 is 9.22 Å². The highest BCUT2D eigenvalue weighted by Crippen LogP contribution is 2.72. The molecule has 0 aromatic rings. The van der Waals surface area contributed by atoms with Crippen LogP contribution in [0.15, 0.2) is 0 Å². The van der Waals surface area contributed by atoms with Crippen LogP contribution in [0.25, 0.3) is 0 Å². The summed E-state index contributed by atoms with van der Waals surface area (Å²) in [5, 5.41) is 0.222. The van der Waals surface area contributed by atoms with Gasteiger partial charge in [-0.05, 0) is 60.6 Å². The van der Waals surface area contributed by atoms with Crippen molar-refractivity contribution in [1.82, 2.24) is 0 Å². The predicted octanol–water partition coefficient (Wildman–Crippen LogP) is 5.18. The first-order valence-electron chi connectivity index (χ1n) is 8.98. The maximum absolute atomic E-state index is 12.8. The Morgan fingerprint density at radius 3 is 2.41 bits per heavy atom. The lowest BCUT2D eigenvalue weighted by molar-refractivity contribution is -0.130. The minimum atomic E-state index is -1.77. The monoisotopic (exact) mass is 322 g/mol. The lowest BCUT2D eigenvalue weighted by Gasteiger charge is -2.39. The smallest absolute Gasteiger partial charge is 0.192 e. The molecule has 3 aliphatic carbocycles. The molecule has 0 N–H and O–H groups in total. The summed E-state index contributed by atoms with van der Waals surface area (Å²) in [6.07, 6.45) is 5.60. The van der Waals surface area contributed by atoms with Crippen LogP contribution < -0.4 is 0 Å². The van der Waals surface area contributed by atoms with E-state index in [2.05, 4.69) is 47.7 Å². The van der Waals surface area contributed by atoms with Crippen molar-refractivity contribution in [2.45, 2.75) is 84.9 Å². The molecule has 0 amide bonds. The van der Waals surface area contributed by atoms with Gasteiger partial charge >= 0.3 is 0 Å². The van der Waals surface area contributed by atoms with Crippen LogP contribution in [0.1, 0.15) is 66.7 Å². The Balaban J connectivity index is 1.76. The average molecular weight is 323 g/mol. The number of carbonyl (C=O) groups excluding carboxylic acids is 1. The minimum Gasteiger partial charge on any atom is -0.416 e. The van der Waals surface area contributed by atoms with Gasteiger partial charge in [0.1, 0.15) is 5.78 Å². The lowest BCUT2D eigenvalue weighted by Crippen LogP contribution is -2.45. The molecule has 2 nitrogen and oxygen atoms in total. The molecule has 3 rings (SSSR count). The zero-order valence-electron chi connectivity index (χ0n) is 15.6. The molecule has 0 heterocycles. The molecule has 22 heavy (non-hydrogen) atoms. The highest BCUT2D eigenvalue weighted by Gasteiger charge is 2.68. The summed E-state index contributed by atoms with van der Waals surface area (Å²) in [6, 6.07) is 0. The van der Waals surface area contributed by atoms with E-state index in [9.17, 15) is 4.79 Å². The minimum absolute atomic E-state index is 0.128. The largest absolute Gasteiger partial charge is 0.416 e. The third kappa shape index (κ3) is 2.34. The van der Waals surface area contributed by atoms with Crippen molar-refractivity contribution in [2.75, 3.05) is 6.61 Å². The van der Waals surface area contributed by atoms with Gasteiger partial charge in [-0.1, -0.05) is 34.6 Å². The Labute approximate surface area is 137 Å². The Bertz CT molecular complexity index is 502. The third-order valence-electron chi connectivity index (χ3n) is 7.44. The van der Waals surface area contributed by atoms with Crippen molar-refractivity contribution in [2.24, 2.45) is 22.2 Å². The fourth-order valence-corrected chi connectivity index (χ4v) is 6.55. The van der Waals surface area contributed by atoms with Gasteiger partial charge in [-0.2, -0.15) is 0 Å². The summed E-state index contributed by atoms with van der Waals surface area (Å²) >= 11 is 0. The number of Topliss-reactive ketones (excluding diaryl/α,β-unsaturated/α-hetero) is 1. The van der Waals surface area contributed by atoms with E-state index >= 15 is 0 Å². The maximum atomic E-state index is 12.8. The second-order valence-electron chi connectivity index (χ2n) is 10.9. The van der Waals surface area contributed by atoms with Crippen molar-refractivity contribution in [3.8, 4) is 0 Å². The predicted molar refractivity (Wildman–Crippen MR) is 93.4 cm³/mol. The highest BCUT2D eigenvalue weighted by molar-refractivity contribution is 6.74. The van der Waals surface area contributed by atoms with Gasteiger partial charge in [0.15, 0.2) is 8.32 Å². The standard InChI is InChI=1S/C19H34O2Si/c1-16(2,3)22(6,7)21-13-19-9-14-8-17(4,5)11-18(14,12-19)10-15(19)20/h14H,8-13H2,1-7H3/t14-,18+,19-/m0/s1. The van der Waals surface area contributed by atoms with Gasteiger partial charge in [-0.3, -0.25) is 4.79 Å². The number of hydrogen-bond acceptors (Lipinski definition) is 2. The van der Waals surface area contributed by atoms with Gasteiger partial charge in [-0.25, -0.2) is 0 Å². The van der Waals surface area contributed by atoms with Crippen LogP contribution in [0.5, 0.6) is 0 Å². The van der Waals surface area contributed by atoms with Gasteiger partial charge in [0.25, 0.3) is 0 Å². The van der Waals surface area contributed by atoms with E-state index in [-0.39, 0.29) is 10.5 Å². The van der Waals surface area contributed by atoms with Crippen LogP contribution in [0.3, 0.4) is 0 Å². The summed E-state index contributed by atoms with van der Waals surface area (Å²) in [5.74, 6) is 1.28. The van der Waals surface area contributed by atoms with E-state index in [1.165, 1.54) is 12.8 Å². The molecule has 2 bridgehead atoms. The molecule has 3 heteroatoms. The van der Waals surface area contributed by atoms with Crippen LogP contribution in [-0.4, -0.2) is 20.7 Å². The molecular formula is C19H34O2Si. The molecule has 1 spiro atoms. The molecule has 0 aliphatic heterocycles. The molecule has 0 radical (unpaired) electrons. The number of fused-ring (bicyclic) bond motifs is 1. The highest BCUT2D eigenvalue weighted by atomic mass is 28.4. The SMILES string of the molecule is CC1(C)C[C@H]2C[C@@]3(CO[Si](C)(C)C(C)(C)C)C[C@@]2(CC3=O)C1. The first kappa shape index (κ1) is 16.7. The van der Waals surface area contributed by atoms with Crippen molar-refractivity contribution >= 4 is 14.1 Å². The summed E-state index contributed by atoms with van der Waals surface area (Å²) in [6.45, 7) is 16.9. The summed E-state index contributed by atoms with van der Waals surface area (Å²) in [5.41, 5.74) is 0.635. The van der Waals surface area contributed by atoms with Crippen LogP contribution in [0.4, 0.5) is 0 Å². The Kier molecular flexibility index (Phi) is 3.39. The molecule has 0 saturated heterocycles. The van der Waals surface area contributed by atoms with Crippen LogP contribution >= 0.6 is 0 Å². The lowest BCUT2D eigenvalue weighted by atomic mass is 9.75. The van der Waals surface area contributed by atoms with Gasteiger partial charge in [0.05, 0.1) is 5.41 Å². The van der Waals surface area contributed by atoms with Gasteiger partial charge in [-0.15, -0.1) is 0 Å². The van der Waals surface area contributed by atoms with E-state index in [0.29, 0.717) is 23.2 Å². The first-order valence-corrected chi connectivity index (χ1v) is 11.9. The van der Waals surface area contributed by atoms with E-state index in [4.69, 9.17) is 4.43 Å². The maximum Gasteiger partial charge on any atom is 0.192 e. The molecule has 126 valence electrons. The van der Waals surface area contributed by atoms with Crippen molar-refractivity contribution in [3.63, 3.8) is 0 Å². The molecule has 0 aromatic heterocycles. The van der Waals surface area contributed by atoms with Crippen LogP contribution in [-0.2, 0) is 9.22 Å². The summed E-state index contributed by atoms with van der Waals surface area (Å²) in [7, 11) is -1.77. The normalized spacial score (nSPS) is 40.3. The molecule has 0 aromatic carbocycles. The van der Waals surface area contributed by atoms with Crippen molar-refractivity contribution in [3.05, 3.63) is 0 Å². The second kappa shape index (κ2) is 4.47. The summed E-state index contributed by atoms with van der Waals surface area (Å²) in [4.78, 5) is 12.8. The Morgan fingerprint density at radius 2 is 1.82 bits per heavy atom. The molecule has 3 saturated carbocycles. The zero-order valence-corrected chi connectivity index (χ0v) is 16.6. The van der Waals surface area contributed by atoms with Gasteiger partial charge in [0, 0.05) is 13.0 Å². The summed E-state index contributed by atoms with van der Waals surface area (Å²) < 4.78 is 6.50. The van der Waals surface area contributed by atoms with Crippen molar-refractivity contribution in [1.29, 1.82) is 0 Å². The Morgan fingerprint density at radius 1 is 1.18 bits per heavy atom. The molecule has 0 unspecified atom stereocenters. The van der Waals surface area contributed by atoms with Gasteiger partial charge < -0.3 is 4.43 Å². The van der Waals surface area contributed by atoms with Gasteiger partial charge in [0.2, 0.25) is 0 Å². The quantitative estimate of drug-likeness (QED) is 0.669.